The van der Waals surface area contributed by atoms with Gasteiger partial charge >= 0.3 is 11.7 Å². The Morgan fingerprint density at radius 1 is 1.44 bits per heavy atom. The van der Waals surface area contributed by atoms with Crippen LogP contribution >= 0.6 is 0 Å². The van der Waals surface area contributed by atoms with Crippen molar-refractivity contribution in [3.8, 4) is 12.3 Å². The Labute approximate surface area is 187 Å². The number of nitrogens with zero attached hydrogens (tertiary/aromatic N) is 1. The van der Waals surface area contributed by atoms with E-state index in [9.17, 15) is 14.4 Å². The molecular weight excluding hydrogens is 416 g/mol. The summed E-state index contributed by atoms with van der Waals surface area (Å²) in [5, 5.41) is 0. The van der Waals surface area contributed by atoms with Gasteiger partial charge in [-0.1, -0.05) is 19.8 Å². The second-order valence-electron chi connectivity index (χ2n) is 9.77. The molecule has 3 heterocycles. The average molecular weight is 449 g/mol. The maximum absolute atomic E-state index is 12.3. The molecule has 0 saturated carbocycles. The minimum atomic E-state index is -0.811. The van der Waals surface area contributed by atoms with Crippen LogP contribution < -0.4 is 11.2 Å². The molecule has 0 unspecified atom stereocenters. The van der Waals surface area contributed by atoms with Crippen molar-refractivity contribution in [1.29, 1.82) is 0 Å². The highest BCUT2D eigenvalue weighted by molar-refractivity contribution is 5.70. The lowest BCUT2D eigenvalue weighted by Crippen LogP contribution is -2.43. The number of hydrogen-bond donors (Lipinski definition) is 1. The van der Waals surface area contributed by atoms with Crippen LogP contribution in [0.1, 0.15) is 53.7 Å². The minimum Gasteiger partial charge on any atom is -0.463 e. The maximum atomic E-state index is 12.3. The molecule has 2 fully saturated rings. The number of hydrogen-bond acceptors (Lipinski definition) is 7. The van der Waals surface area contributed by atoms with E-state index in [0.717, 1.165) is 0 Å². The van der Waals surface area contributed by atoms with Crippen LogP contribution in [0.15, 0.2) is 21.9 Å². The van der Waals surface area contributed by atoms with Gasteiger partial charge < -0.3 is 18.9 Å². The smallest absolute Gasteiger partial charge is 0.330 e. The standard InChI is InChI=1S/C23H32N2O7/c1-7-23(6)15-10-19(30-13-22(4,5)11-18(27)31-14(2)3)29-12-16(15)32-20(23)25-9-8-17(26)24-21(25)28/h1,8-9,14-16,19-20H,10-13H2,2-6H3,(H,24,26,28)/t15-,16-,19+,20-,23-/m1/s1. The molecule has 2 aliphatic heterocycles. The molecule has 0 aromatic carbocycles. The second-order valence-corrected chi connectivity index (χ2v) is 9.77. The van der Waals surface area contributed by atoms with Crippen LogP contribution in [0.4, 0.5) is 0 Å². The number of rotatable bonds is 7. The third-order valence-corrected chi connectivity index (χ3v) is 5.99. The Morgan fingerprint density at radius 2 is 2.16 bits per heavy atom. The Kier molecular flexibility index (Phi) is 6.98. The van der Waals surface area contributed by atoms with Crippen molar-refractivity contribution in [2.75, 3.05) is 13.2 Å². The van der Waals surface area contributed by atoms with Crippen molar-refractivity contribution in [2.24, 2.45) is 16.7 Å². The summed E-state index contributed by atoms with van der Waals surface area (Å²) in [6, 6.07) is 1.26. The summed E-state index contributed by atoms with van der Waals surface area (Å²) in [5.41, 5.74) is -2.30. The van der Waals surface area contributed by atoms with Crippen molar-refractivity contribution in [2.45, 2.75) is 72.2 Å². The second kappa shape index (κ2) is 9.22. The van der Waals surface area contributed by atoms with Crippen molar-refractivity contribution >= 4 is 5.97 Å². The molecule has 32 heavy (non-hydrogen) atoms. The summed E-state index contributed by atoms with van der Waals surface area (Å²) in [6.45, 7) is 9.93. The quantitative estimate of drug-likeness (QED) is 0.501. The first-order chi connectivity index (χ1) is 14.9. The molecular formula is C23H32N2O7. The fourth-order valence-electron chi connectivity index (χ4n) is 4.33. The number of ether oxygens (including phenoxy) is 4. The maximum Gasteiger partial charge on any atom is 0.330 e. The molecule has 0 amide bonds. The SMILES string of the molecule is C#C[C@]1(C)[C@@H]2C[C@H](OCC(C)(C)CC(=O)OC(C)C)OC[C@H]2O[C@H]1n1ccc(=O)[nH]c1=O. The van der Waals surface area contributed by atoms with Crippen LogP contribution in [0.25, 0.3) is 0 Å². The van der Waals surface area contributed by atoms with E-state index < -0.39 is 34.6 Å². The van der Waals surface area contributed by atoms with E-state index in [1.807, 2.05) is 34.6 Å². The van der Waals surface area contributed by atoms with Gasteiger partial charge in [0.05, 0.1) is 37.3 Å². The van der Waals surface area contributed by atoms with E-state index in [4.69, 9.17) is 25.4 Å². The lowest BCUT2D eigenvalue weighted by molar-refractivity contribution is -0.212. The van der Waals surface area contributed by atoms with Crippen LogP contribution in [0, 0.1) is 29.1 Å². The van der Waals surface area contributed by atoms with Crippen LogP contribution in [0.5, 0.6) is 0 Å². The third kappa shape index (κ3) is 5.14. The number of carbonyl (C=O) groups is 1. The first-order valence-electron chi connectivity index (χ1n) is 10.8. The van der Waals surface area contributed by atoms with Gasteiger partial charge in [-0.25, -0.2) is 4.79 Å². The molecule has 0 aliphatic carbocycles. The average Bonchev–Trinajstić information content (AvgIpc) is 2.98. The monoisotopic (exact) mass is 448 g/mol. The fourth-order valence-corrected chi connectivity index (χ4v) is 4.33. The molecule has 0 radical (unpaired) electrons. The Morgan fingerprint density at radius 3 is 2.78 bits per heavy atom. The van der Waals surface area contributed by atoms with Gasteiger partial charge in [0.2, 0.25) is 0 Å². The number of fused-ring (bicyclic) bond motifs is 1. The highest BCUT2D eigenvalue weighted by Crippen LogP contribution is 2.52. The van der Waals surface area contributed by atoms with Crippen molar-refractivity contribution in [1.82, 2.24) is 9.55 Å². The van der Waals surface area contributed by atoms with Gasteiger partial charge in [-0.2, -0.15) is 0 Å². The molecule has 0 spiro atoms. The van der Waals surface area contributed by atoms with Crippen LogP contribution in [0.3, 0.4) is 0 Å². The zero-order valence-electron chi connectivity index (χ0n) is 19.3. The number of H-pyrrole nitrogens is 1. The van der Waals surface area contributed by atoms with Crippen molar-refractivity contribution in [3.63, 3.8) is 0 Å². The summed E-state index contributed by atoms with van der Waals surface area (Å²) in [7, 11) is 0. The number of terminal acetylenes is 1. The number of nitrogens with one attached hydrogen (secondary N) is 1. The summed E-state index contributed by atoms with van der Waals surface area (Å²) in [6.07, 6.45) is 6.29. The largest absolute Gasteiger partial charge is 0.463 e. The van der Waals surface area contributed by atoms with Gasteiger partial charge in [0, 0.05) is 24.6 Å². The molecule has 176 valence electrons. The molecule has 5 atom stereocenters. The lowest BCUT2D eigenvalue weighted by Gasteiger charge is -2.37. The molecule has 1 aromatic rings. The van der Waals surface area contributed by atoms with E-state index in [-0.39, 0.29) is 37.1 Å². The highest BCUT2D eigenvalue weighted by Gasteiger charge is 2.56. The number of esters is 1. The zero-order chi connectivity index (χ0) is 23.7. The zero-order valence-corrected chi connectivity index (χ0v) is 19.3. The summed E-state index contributed by atoms with van der Waals surface area (Å²) < 4.78 is 24.5. The normalized spacial score (nSPS) is 30.0. The van der Waals surface area contributed by atoms with E-state index in [0.29, 0.717) is 13.0 Å². The molecule has 9 heteroatoms. The summed E-state index contributed by atoms with van der Waals surface area (Å²) in [4.78, 5) is 38.0. The van der Waals surface area contributed by atoms with E-state index in [1.165, 1.54) is 16.8 Å². The van der Waals surface area contributed by atoms with Gasteiger partial charge in [-0.15, -0.1) is 6.42 Å². The molecule has 1 N–H and O–H groups in total. The van der Waals surface area contributed by atoms with Crippen LogP contribution in [-0.2, 0) is 23.7 Å². The van der Waals surface area contributed by atoms with Gasteiger partial charge in [0.1, 0.15) is 0 Å². The molecule has 0 bridgehead atoms. The predicted molar refractivity (Wildman–Crippen MR) is 116 cm³/mol. The van der Waals surface area contributed by atoms with E-state index in [2.05, 4.69) is 10.9 Å². The molecule has 2 saturated heterocycles. The van der Waals surface area contributed by atoms with Gasteiger partial charge in [0.15, 0.2) is 12.5 Å². The number of carbonyl (C=O) groups excluding carboxylic acids is 1. The van der Waals surface area contributed by atoms with Gasteiger partial charge in [-0.05, 0) is 26.2 Å². The Hall–Kier alpha value is -2.41. The van der Waals surface area contributed by atoms with Crippen molar-refractivity contribution in [3.05, 3.63) is 33.1 Å². The number of aromatic amines is 1. The molecule has 9 nitrogen and oxygen atoms in total. The van der Waals surface area contributed by atoms with Crippen LogP contribution in [-0.4, -0.2) is 47.2 Å². The topological polar surface area (TPSA) is 109 Å². The minimum absolute atomic E-state index is 0.121. The molecule has 2 aliphatic rings. The lowest BCUT2D eigenvalue weighted by atomic mass is 9.73. The van der Waals surface area contributed by atoms with E-state index in [1.54, 1.807) is 0 Å². The predicted octanol–water partition coefficient (Wildman–Crippen LogP) is 1.82. The highest BCUT2D eigenvalue weighted by atomic mass is 16.7. The Balaban J connectivity index is 1.68. The number of aromatic nitrogens is 2. The first-order valence-corrected chi connectivity index (χ1v) is 10.8. The molecule has 3 rings (SSSR count). The van der Waals surface area contributed by atoms with Gasteiger partial charge in [-0.3, -0.25) is 19.1 Å². The Bertz CT molecular complexity index is 989. The van der Waals surface area contributed by atoms with Crippen molar-refractivity contribution < 1.29 is 23.7 Å². The summed E-state index contributed by atoms with van der Waals surface area (Å²) >= 11 is 0. The summed E-state index contributed by atoms with van der Waals surface area (Å²) in [5.74, 6) is 2.43. The van der Waals surface area contributed by atoms with Gasteiger partial charge in [0.25, 0.3) is 5.56 Å². The fraction of sp³-hybridized carbons (Fsp3) is 0.696. The third-order valence-electron chi connectivity index (χ3n) is 5.99. The molecule has 1 aromatic heterocycles. The van der Waals surface area contributed by atoms with Crippen LogP contribution in [0.2, 0.25) is 0 Å². The van der Waals surface area contributed by atoms with E-state index >= 15 is 0 Å². The first kappa shape index (κ1) is 24.2.